The molecule has 2 unspecified atom stereocenters. The zero-order valence-corrected chi connectivity index (χ0v) is 38.7. The van der Waals surface area contributed by atoms with E-state index in [1.807, 2.05) is 0 Å². The average molecular weight is 868 g/mol. The van der Waals surface area contributed by atoms with Crippen molar-refractivity contribution < 1.29 is 15.6 Å². The summed E-state index contributed by atoms with van der Waals surface area (Å²) in [5.41, 5.74) is 18.2. The average Bonchev–Trinajstić information content (AvgIpc) is 3.76. The molecule has 0 bridgehead atoms. The maximum atomic E-state index is 9.02. The monoisotopic (exact) mass is 865 g/mol. The summed E-state index contributed by atoms with van der Waals surface area (Å²) in [7, 11) is 18.0. The molecular weight excluding hydrogens is 815 g/mol. The van der Waals surface area contributed by atoms with Crippen molar-refractivity contribution in [1.29, 1.82) is 0 Å². The van der Waals surface area contributed by atoms with Crippen molar-refractivity contribution in [2.24, 2.45) is 11.8 Å². The first-order chi connectivity index (χ1) is 27.0. The summed E-state index contributed by atoms with van der Waals surface area (Å²) in [4.78, 5) is 0. The number of fused-ring (bicyclic) bond motifs is 2. The van der Waals surface area contributed by atoms with E-state index in [1.54, 1.807) is 0 Å². The third kappa shape index (κ3) is 6.83. The van der Waals surface area contributed by atoms with Crippen molar-refractivity contribution in [1.82, 2.24) is 0 Å². The topological polar surface area (TPSA) is 0 Å². The van der Waals surface area contributed by atoms with Gasteiger partial charge >= 0.3 is 347 Å². The van der Waals surface area contributed by atoms with Crippen LogP contribution in [0, 0.1) is 11.8 Å². The van der Waals surface area contributed by atoms with Crippen LogP contribution in [0.2, 0.25) is 13.1 Å². The minimum absolute atomic E-state index is 0.0246. The molecule has 0 nitrogen and oxygen atoms in total. The molecule has 0 saturated carbocycles. The van der Waals surface area contributed by atoms with E-state index in [0.717, 1.165) is 12.8 Å². The number of allylic oxidation sites excluding steroid dienone is 2. The summed E-state index contributed by atoms with van der Waals surface area (Å²) in [5.74, 6) is -0.840. The molecule has 6 aromatic rings. The van der Waals surface area contributed by atoms with Gasteiger partial charge < -0.3 is 0 Å². The Morgan fingerprint density at radius 2 is 0.786 bits per heavy atom. The van der Waals surface area contributed by atoms with Gasteiger partial charge in [-0.15, -0.1) is 0 Å². The second-order valence-electron chi connectivity index (χ2n) is 17.3. The van der Waals surface area contributed by atoms with Crippen LogP contribution in [0.5, 0.6) is 0 Å². The number of rotatable bonds is 11. The summed E-state index contributed by atoms with van der Waals surface area (Å²) >= 11 is -5.09. The molecule has 0 aromatic heterocycles. The molecule has 6 aromatic carbocycles. The van der Waals surface area contributed by atoms with Crippen LogP contribution >= 0.6 is 17.0 Å². The van der Waals surface area contributed by atoms with Crippen LogP contribution in [0.25, 0.3) is 56.7 Å². The first kappa shape index (κ1) is 39.3. The van der Waals surface area contributed by atoms with Gasteiger partial charge in [-0.25, -0.2) is 0 Å². The van der Waals surface area contributed by atoms with E-state index in [-0.39, 0.29) is 7.25 Å². The van der Waals surface area contributed by atoms with Crippen LogP contribution in [-0.4, -0.2) is 5.92 Å². The number of hydrogen-bond donors (Lipinski definition) is 0. The van der Waals surface area contributed by atoms with E-state index < -0.39 is 21.5 Å². The molecule has 2 aliphatic rings. The van der Waals surface area contributed by atoms with Crippen LogP contribution in [0.15, 0.2) is 157 Å². The van der Waals surface area contributed by atoms with Crippen LogP contribution in [0.1, 0.15) is 70.0 Å². The predicted molar refractivity (Wildman–Crippen MR) is 246 cm³/mol. The van der Waals surface area contributed by atoms with Crippen molar-refractivity contribution >= 4 is 35.1 Å². The summed E-state index contributed by atoms with van der Waals surface area (Å²) in [6, 6.07) is 53.3. The quantitative estimate of drug-likeness (QED) is 0.114. The molecule has 0 spiro atoms. The Morgan fingerprint density at radius 1 is 0.464 bits per heavy atom. The third-order valence-electron chi connectivity index (χ3n) is 12.4. The molecule has 56 heavy (non-hydrogen) atoms. The van der Waals surface area contributed by atoms with Gasteiger partial charge in [0.05, 0.1) is 0 Å². The summed E-state index contributed by atoms with van der Waals surface area (Å²) in [5, 5.41) is 0. The molecule has 0 heterocycles. The van der Waals surface area contributed by atoms with Crippen molar-refractivity contribution in [2.45, 2.75) is 60.9 Å². The fourth-order valence-electron chi connectivity index (χ4n) is 10.0. The number of hydrogen-bond acceptors (Lipinski definition) is 0. The van der Waals surface area contributed by atoms with E-state index in [0.29, 0.717) is 11.8 Å². The third-order valence-corrected chi connectivity index (χ3v) is 64.2. The zero-order chi connectivity index (χ0) is 39.2. The summed E-state index contributed by atoms with van der Waals surface area (Å²) < 4.78 is 0.0493. The molecule has 2 aliphatic carbocycles. The van der Waals surface area contributed by atoms with Gasteiger partial charge in [0.25, 0.3) is 0 Å². The van der Waals surface area contributed by atoms with Crippen molar-refractivity contribution in [3.05, 3.63) is 179 Å². The molecule has 0 radical (unpaired) electrons. The first-order valence-electron chi connectivity index (χ1n) is 20.5. The second kappa shape index (κ2) is 15.7. The Bertz CT molecular complexity index is 2260. The van der Waals surface area contributed by atoms with Gasteiger partial charge in [-0.2, -0.15) is 0 Å². The molecule has 2 atom stereocenters. The van der Waals surface area contributed by atoms with Crippen LogP contribution in [0.4, 0.5) is 0 Å². The van der Waals surface area contributed by atoms with Gasteiger partial charge in [-0.3, -0.25) is 0 Å². The molecule has 0 N–H and O–H groups in total. The molecule has 8 rings (SSSR count). The number of benzene rings is 6. The molecule has 4 heteroatoms. The fraction of sp³-hybridized carbons (Fsp3) is 0.231. The zero-order valence-electron chi connectivity index (χ0n) is 33.6. The maximum absolute atomic E-state index is 9.02. The van der Waals surface area contributed by atoms with E-state index in [2.05, 4.69) is 199 Å². The molecular formula is C52H53Cl2SiZr. The van der Waals surface area contributed by atoms with E-state index >= 15 is 0 Å². The Hall–Kier alpha value is -3.52. The van der Waals surface area contributed by atoms with Gasteiger partial charge in [0.15, 0.2) is 0 Å². The van der Waals surface area contributed by atoms with E-state index in [1.165, 1.54) is 77.9 Å². The standard InChI is InChI=1S/2C25H23.C2H7Si.2ClH.Zr/c2*1-18(2)15-19-16-22-13-14-23(20-9-5-3-6-10-20)25(24(22)17-19)21-11-7-4-8-12-21;1-3-2;;;/h2*3-14,16-18H,15H2,1-2H3;3H,1-2H3;2*1H;/q;;;;;+2/p-2. The van der Waals surface area contributed by atoms with E-state index in [4.69, 9.17) is 17.0 Å². The molecule has 0 saturated heterocycles. The SMILES string of the molecule is CC(C)CC1=Cc2c(ccc(-c3ccccc3)c2-c2ccccc2)[CH]1[Zr]([Cl])([Cl])([CH]1C(CC(C)C)=Cc2c1ccc(-c1ccccc1)c2-c1ccccc1)[SiH](C)C. The molecule has 0 fully saturated rings. The summed E-state index contributed by atoms with van der Waals surface area (Å²) in [6.45, 7) is 14.3. The van der Waals surface area contributed by atoms with E-state index in [9.17, 15) is 0 Å². The summed E-state index contributed by atoms with van der Waals surface area (Å²) in [6.07, 6.45) is 7.03. The van der Waals surface area contributed by atoms with Gasteiger partial charge in [-0.05, 0) is 0 Å². The number of halogens is 2. The molecule has 0 amide bonds. The van der Waals surface area contributed by atoms with Gasteiger partial charge in [0, 0.05) is 0 Å². The first-order valence-corrected chi connectivity index (χ1v) is 36.8. The second-order valence-corrected chi connectivity index (χ2v) is 59.8. The predicted octanol–water partition coefficient (Wildman–Crippen LogP) is 16.0. The van der Waals surface area contributed by atoms with Crippen LogP contribution in [0.3, 0.4) is 0 Å². The van der Waals surface area contributed by atoms with Gasteiger partial charge in [-0.1, -0.05) is 0 Å². The van der Waals surface area contributed by atoms with Crippen LogP contribution in [-0.2, 0) is 15.6 Å². The Balaban J connectivity index is 1.42. The normalized spacial score (nSPS) is 17.1. The van der Waals surface area contributed by atoms with Gasteiger partial charge in [0.2, 0.25) is 0 Å². The van der Waals surface area contributed by atoms with Crippen molar-refractivity contribution in [3.8, 4) is 44.5 Å². The fourth-order valence-corrected chi connectivity index (χ4v) is 41.4. The van der Waals surface area contributed by atoms with Crippen molar-refractivity contribution in [2.75, 3.05) is 0 Å². The molecule has 283 valence electrons. The minimum atomic E-state index is -5.09. The Kier molecular flexibility index (Phi) is 11.0. The molecule has 0 aliphatic heterocycles. The van der Waals surface area contributed by atoms with Gasteiger partial charge in [0.1, 0.15) is 0 Å². The van der Waals surface area contributed by atoms with Crippen LogP contribution < -0.4 is 0 Å². The Labute approximate surface area is 344 Å². The van der Waals surface area contributed by atoms with Crippen molar-refractivity contribution in [3.63, 3.8) is 0 Å². The Morgan fingerprint density at radius 3 is 1.09 bits per heavy atom.